The van der Waals surface area contributed by atoms with E-state index >= 15 is 0 Å². The van der Waals surface area contributed by atoms with Crippen LogP contribution in [0.5, 0.6) is 0 Å². The molecule has 1 fully saturated rings. The molecule has 46 heavy (non-hydrogen) atoms. The average molecular weight is 664 g/mol. The number of aliphatic hydroxyl groups excluding tert-OH is 3. The van der Waals surface area contributed by atoms with E-state index in [2.05, 4.69) is 10.6 Å². The predicted octanol–water partition coefficient (Wildman–Crippen LogP) is -0.119. The van der Waals surface area contributed by atoms with E-state index in [0.29, 0.717) is 17.7 Å². The van der Waals surface area contributed by atoms with Gasteiger partial charge in [0.2, 0.25) is 5.91 Å². The van der Waals surface area contributed by atoms with Crippen molar-refractivity contribution in [3.8, 4) is 11.1 Å². The number of carbonyl (C=O) groups excluding carboxylic acids is 3. The zero-order valence-corrected chi connectivity index (χ0v) is 26.4. The third-order valence-corrected chi connectivity index (χ3v) is 8.45. The summed E-state index contributed by atoms with van der Waals surface area (Å²) in [6.07, 6.45) is -6.69. The van der Waals surface area contributed by atoms with Crippen LogP contribution in [0, 0.1) is 0 Å². The van der Waals surface area contributed by atoms with Crippen LogP contribution in [0.25, 0.3) is 11.1 Å². The first-order chi connectivity index (χ1) is 21.9. The van der Waals surface area contributed by atoms with E-state index in [9.17, 15) is 34.5 Å². The molecule has 8 N–H and O–H groups in total. The fraction of sp³-hybridized carbons (Fsp3) is 0.484. The van der Waals surface area contributed by atoms with Gasteiger partial charge < -0.3 is 51.0 Å². The minimum absolute atomic E-state index is 0.0909. The molecule has 1 saturated heterocycles. The summed E-state index contributed by atoms with van der Waals surface area (Å²) in [5.74, 6) is -4.87. The quantitative estimate of drug-likeness (QED) is 0.0920. The van der Waals surface area contributed by atoms with Gasteiger partial charge in [0, 0.05) is 31.2 Å². The Morgan fingerprint density at radius 2 is 1.74 bits per heavy atom. The predicted molar refractivity (Wildman–Crippen MR) is 168 cm³/mol. The molecule has 252 valence electrons. The second-order valence-corrected chi connectivity index (χ2v) is 11.9. The van der Waals surface area contributed by atoms with Gasteiger partial charge in [-0.2, -0.15) is 11.8 Å². The molecule has 0 spiro atoms. The van der Waals surface area contributed by atoms with Gasteiger partial charge in [0.15, 0.2) is 0 Å². The third-order valence-electron chi connectivity index (χ3n) is 7.28. The molecule has 2 amide bonds. The molecule has 1 aliphatic rings. The number of methoxy groups -OCH3 is 1. The highest BCUT2D eigenvalue weighted by Gasteiger charge is 2.56. The van der Waals surface area contributed by atoms with Crippen molar-refractivity contribution in [1.29, 1.82) is 0 Å². The van der Waals surface area contributed by atoms with Crippen LogP contribution >= 0.6 is 11.8 Å². The first-order valence-electron chi connectivity index (χ1n) is 14.6. The average Bonchev–Trinajstić information content (AvgIpc) is 3.05. The number of benzene rings is 2. The lowest BCUT2D eigenvalue weighted by molar-refractivity contribution is -0.311. The van der Waals surface area contributed by atoms with E-state index in [-0.39, 0.29) is 12.4 Å². The van der Waals surface area contributed by atoms with Crippen LogP contribution in [-0.2, 0) is 28.6 Å². The Morgan fingerprint density at radius 1 is 1.09 bits per heavy atom. The molecule has 2 unspecified atom stereocenters. The van der Waals surface area contributed by atoms with Crippen LogP contribution < -0.4 is 16.4 Å². The smallest absolute Gasteiger partial charge is 0.366 e. The molecule has 0 radical (unpaired) electrons. The fourth-order valence-corrected chi connectivity index (χ4v) is 5.74. The molecule has 0 bridgehead atoms. The van der Waals surface area contributed by atoms with Crippen molar-refractivity contribution in [3.05, 3.63) is 60.2 Å². The van der Waals surface area contributed by atoms with Crippen molar-refractivity contribution < 1.29 is 53.8 Å². The van der Waals surface area contributed by atoms with Crippen LogP contribution in [0.1, 0.15) is 30.1 Å². The number of amides is 2. The number of carboxylic acids is 1. The highest BCUT2D eigenvalue weighted by atomic mass is 32.2. The Morgan fingerprint density at radius 3 is 2.35 bits per heavy atom. The van der Waals surface area contributed by atoms with Gasteiger partial charge in [0.25, 0.3) is 11.7 Å². The lowest BCUT2D eigenvalue weighted by Crippen LogP contribution is -2.68. The number of thioether (sulfide) groups is 1. The minimum Gasteiger partial charge on any atom is -0.480 e. The molecule has 14 nitrogen and oxygen atoms in total. The second-order valence-electron chi connectivity index (χ2n) is 10.8. The second kappa shape index (κ2) is 17.4. The summed E-state index contributed by atoms with van der Waals surface area (Å²) in [5.41, 5.74) is 7.68. The molecule has 15 heteroatoms. The van der Waals surface area contributed by atoms with Gasteiger partial charge in [-0.25, -0.2) is 4.79 Å². The van der Waals surface area contributed by atoms with Crippen LogP contribution in [0.4, 0.5) is 0 Å². The highest BCUT2D eigenvalue weighted by Crippen LogP contribution is 2.34. The maximum atomic E-state index is 12.9. The van der Waals surface area contributed by atoms with Gasteiger partial charge in [-0.3, -0.25) is 14.4 Å². The minimum atomic E-state index is -2.21. The van der Waals surface area contributed by atoms with Gasteiger partial charge in [0.05, 0.1) is 32.0 Å². The van der Waals surface area contributed by atoms with Crippen LogP contribution in [-0.4, -0.2) is 118 Å². The summed E-state index contributed by atoms with van der Waals surface area (Å²) in [7, 11) is 1.08. The number of carboxylic acid groups (broad SMARTS) is 1. The van der Waals surface area contributed by atoms with Gasteiger partial charge >= 0.3 is 11.9 Å². The highest BCUT2D eigenvalue weighted by molar-refractivity contribution is 7.99. The summed E-state index contributed by atoms with van der Waals surface area (Å²) in [6.45, 7) is 0.653. The number of ether oxygens (including phenoxy) is 3. The molecule has 0 aromatic heterocycles. The van der Waals surface area contributed by atoms with Crippen molar-refractivity contribution in [2.45, 2.75) is 62.1 Å². The molecular weight excluding hydrogens is 622 g/mol. The standard InChI is InChI=1S/C31H41N3O11S/c1-18(35)34-25-23(36)15-31(30(42)43-2,44-13-6-14-46-17-22(32)29(40)41)45-27(25)26(38)24(37)16-33-28(39)21-11-9-20(10-12-21)19-7-4-3-5-8-19/h3-5,7-12,22-27,36-38H,6,13-17,32H2,1-2H3,(H,33,39)(H,34,35)(H,40,41)/t22?,23-,24-,25-,26-,27?,31-/m1/s1. The Kier molecular flexibility index (Phi) is 13.9. The van der Waals surface area contributed by atoms with Crippen molar-refractivity contribution in [1.82, 2.24) is 10.6 Å². The largest absolute Gasteiger partial charge is 0.480 e. The van der Waals surface area contributed by atoms with Gasteiger partial charge in [-0.05, 0) is 35.4 Å². The van der Waals surface area contributed by atoms with Crippen molar-refractivity contribution >= 4 is 35.5 Å². The topological polar surface area (TPSA) is 227 Å². The number of nitrogens with one attached hydrogen (secondary N) is 2. The van der Waals surface area contributed by atoms with E-state index in [1.807, 2.05) is 30.3 Å². The van der Waals surface area contributed by atoms with Crippen LogP contribution in [0.15, 0.2) is 54.6 Å². The molecular formula is C31H41N3O11S. The normalized spacial score (nSPS) is 23.0. The zero-order valence-electron chi connectivity index (χ0n) is 25.5. The van der Waals surface area contributed by atoms with Gasteiger partial charge in [-0.1, -0.05) is 42.5 Å². The SMILES string of the molecule is COC(=O)[C@@]1(OCCCSCC(N)C(=O)O)C[C@@H](O)[C@@H](NC(C)=O)C([C@H](O)[C@H](O)CNC(=O)c2ccc(-c3ccccc3)cc2)O1. The van der Waals surface area contributed by atoms with Crippen molar-refractivity contribution in [2.24, 2.45) is 5.73 Å². The number of hydrogen-bond donors (Lipinski definition) is 7. The molecule has 3 rings (SSSR count). The summed E-state index contributed by atoms with van der Waals surface area (Å²) in [5, 5.41) is 47.0. The first kappa shape index (κ1) is 36.9. The number of aliphatic hydroxyl groups is 3. The van der Waals surface area contributed by atoms with E-state index in [0.717, 1.165) is 18.2 Å². The summed E-state index contributed by atoms with van der Waals surface area (Å²) in [4.78, 5) is 48.6. The number of rotatable bonds is 16. The maximum absolute atomic E-state index is 12.9. The number of carbonyl (C=O) groups is 4. The Labute approximate surface area is 270 Å². The maximum Gasteiger partial charge on any atom is 0.366 e. The van der Waals surface area contributed by atoms with E-state index in [1.165, 1.54) is 18.7 Å². The van der Waals surface area contributed by atoms with E-state index in [4.69, 9.17) is 25.1 Å². The van der Waals surface area contributed by atoms with Gasteiger partial charge in [-0.15, -0.1) is 0 Å². The van der Waals surface area contributed by atoms with Crippen molar-refractivity contribution in [3.63, 3.8) is 0 Å². The van der Waals surface area contributed by atoms with E-state index < -0.39 is 79.0 Å². The van der Waals surface area contributed by atoms with E-state index in [1.54, 1.807) is 24.3 Å². The van der Waals surface area contributed by atoms with Gasteiger partial charge in [0.1, 0.15) is 18.2 Å². The Balaban J connectivity index is 1.68. The Hall–Kier alpha value is -3.57. The molecule has 2 aromatic carbocycles. The number of esters is 1. The van der Waals surface area contributed by atoms with Crippen LogP contribution in [0.2, 0.25) is 0 Å². The lowest BCUT2D eigenvalue weighted by atomic mass is 9.88. The third kappa shape index (κ3) is 9.96. The summed E-state index contributed by atoms with van der Waals surface area (Å²) >= 11 is 1.26. The van der Waals surface area contributed by atoms with Crippen LogP contribution in [0.3, 0.4) is 0 Å². The fourth-order valence-electron chi connectivity index (χ4n) is 4.86. The monoisotopic (exact) mass is 663 g/mol. The summed E-state index contributed by atoms with van der Waals surface area (Å²) < 4.78 is 16.6. The first-order valence-corrected chi connectivity index (χ1v) is 15.7. The Bertz CT molecular complexity index is 1320. The number of nitrogens with two attached hydrogens (primary N) is 1. The molecule has 7 atom stereocenters. The number of aliphatic carboxylic acids is 1. The molecule has 2 aromatic rings. The summed E-state index contributed by atoms with van der Waals surface area (Å²) in [6, 6.07) is 14.1. The molecule has 0 saturated carbocycles. The molecule has 1 heterocycles. The lowest BCUT2D eigenvalue weighted by Gasteiger charge is -2.47. The molecule has 1 aliphatic heterocycles. The van der Waals surface area contributed by atoms with Crippen molar-refractivity contribution in [2.75, 3.05) is 31.8 Å². The zero-order chi connectivity index (χ0) is 33.9. The molecule has 0 aliphatic carbocycles. The number of hydrogen-bond acceptors (Lipinski definition) is 12.